The van der Waals surface area contributed by atoms with Crippen molar-refractivity contribution in [1.29, 1.82) is 0 Å². The smallest absolute Gasteiger partial charge is 0.344 e. The molecule has 1 aromatic rings. The third-order valence-corrected chi connectivity index (χ3v) is 3.05. The number of nitrogens with zero attached hydrogens (tertiary/aromatic N) is 1. The van der Waals surface area contributed by atoms with Gasteiger partial charge in [0.25, 0.3) is 0 Å². The quantitative estimate of drug-likeness (QED) is 0.279. The fourth-order valence-electron chi connectivity index (χ4n) is 1.87. The number of carbonyl (C=O) groups excluding carboxylic acids is 1. The van der Waals surface area contributed by atoms with Crippen LogP contribution < -0.4 is 0 Å². The maximum atomic E-state index is 11.9. The first-order chi connectivity index (χ1) is 9.22. The van der Waals surface area contributed by atoms with Crippen molar-refractivity contribution in [3.05, 3.63) is 35.9 Å². The van der Waals surface area contributed by atoms with Crippen LogP contribution in [-0.2, 0) is 4.74 Å². The molecule has 1 atom stereocenters. The Morgan fingerprint density at radius 2 is 2.00 bits per heavy atom. The minimum Gasteiger partial charge on any atom is -0.408 e. The lowest BCUT2D eigenvalue weighted by Crippen LogP contribution is -2.21. The van der Waals surface area contributed by atoms with Crippen LogP contribution >= 0.6 is 0 Å². The highest BCUT2D eigenvalue weighted by Gasteiger charge is 2.20. The first-order valence-electron chi connectivity index (χ1n) is 6.72. The van der Waals surface area contributed by atoms with Gasteiger partial charge in [-0.15, -0.1) is 0 Å². The van der Waals surface area contributed by atoms with E-state index in [9.17, 15) is 4.79 Å². The van der Waals surface area contributed by atoms with Gasteiger partial charge in [-0.25, -0.2) is 4.79 Å². The minimum atomic E-state index is -0.483. The summed E-state index contributed by atoms with van der Waals surface area (Å²) in [7, 11) is 0. The molecule has 0 aliphatic heterocycles. The van der Waals surface area contributed by atoms with Crippen molar-refractivity contribution in [3.8, 4) is 0 Å². The van der Waals surface area contributed by atoms with E-state index in [0.717, 1.165) is 25.7 Å². The van der Waals surface area contributed by atoms with Crippen molar-refractivity contribution in [2.45, 2.75) is 39.5 Å². The van der Waals surface area contributed by atoms with Gasteiger partial charge >= 0.3 is 5.97 Å². The number of hydrogen-bond donors (Lipinski definition) is 1. The zero-order valence-electron chi connectivity index (χ0n) is 11.5. The Kier molecular flexibility index (Phi) is 6.64. The average molecular weight is 263 g/mol. The molecule has 1 rings (SSSR count). The third-order valence-electron chi connectivity index (χ3n) is 3.05. The summed E-state index contributed by atoms with van der Waals surface area (Å²) in [6, 6.07) is 8.70. The Morgan fingerprint density at radius 3 is 2.53 bits per heavy atom. The van der Waals surface area contributed by atoms with E-state index in [-0.39, 0.29) is 11.8 Å². The number of ether oxygens (including phenoxy) is 1. The van der Waals surface area contributed by atoms with Gasteiger partial charge in [-0.1, -0.05) is 50.0 Å². The van der Waals surface area contributed by atoms with E-state index in [0.29, 0.717) is 5.56 Å². The Bertz CT molecular complexity index is 415. The first-order valence-corrected chi connectivity index (χ1v) is 6.72. The normalized spacial score (nSPS) is 13.1. The Morgan fingerprint density at radius 1 is 1.32 bits per heavy atom. The SMILES string of the molecule is CCCCC(CC)C(=NO)OC(=O)c1ccccc1. The predicted octanol–water partition coefficient (Wildman–Crippen LogP) is 3.85. The zero-order valence-corrected chi connectivity index (χ0v) is 11.5. The standard InChI is InChI=1S/C15H21NO3/c1-3-5-9-12(4-2)14(16-18)19-15(17)13-10-7-6-8-11-13/h6-8,10-12,18H,3-5,9H2,1-2H3. The summed E-state index contributed by atoms with van der Waals surface area (Å²) < 4.78 is 5.20. The van der Waals surface area contributed by atoms with Crippen molar-refractivity contribution in [3.63, 3.8) is 0 Å². The monoisotopic (exact) mass is 263 g/mol. The fraction of sp³-hybridized carbons (Fsp3) is 0.467. The van der Waals surface area contributed by atoms with Crippen LogP contribution in [0, 0.1) is 5.92 Å². The maximum Gasteiger partial charge on any atom is 0.344 e. The molecule has 0 radical (unpaired) electrons. The maximum absolute atomic E-state index is 11.9. The molecule has 1 unspecified atom stereocenters. The van der Waals surface area contributed by atoms with Gasteiger partial charge < -0.3 is 9.94 Å². The Labute approximate surface area is 114 Å². The third kappa shape index (κ3) is 4.73. The number of unbranched alkanes of at least 4 members (excludes halogenated alkanes) is 1. The number of carbonyl (C=O) groups is 1. The molecule has 0 heterocycles. The van der Waals surface area contributed by atoms with Gasteiger partial charge in [-0.05, 0) is 25.0 Å². The van der Waals surface area contributed by atoms with Crippen LogP contribution in [0.1, 0.15) is 49.9 Å². The van der Waals surface area contributed by atoms with Crippen LogP contribution in [0.4, 0.5) is 0 Å². The average Bonchev–Trinajstić information content (AvgIpc) is 2.47. The van der Waals surface area contributed by atoms with Gasteiger partial charge in [0.05, 0.1) is 5.56 Å². The summed E-state index contributed by atoms with van der Waals surface area (Å²) >= 11 is 0. The number of rotatable bonds is 6. The fourth-order valence-corrected chi connectivity index (χ4v) is 1.87. The van der Waals surface area contributed by atoms with E-state index < -0.39 is 5.97 Å². The highest BCUT2D eigenvalue weighted by atomic mass is 16.6. The summed E-state index contributed by atoms with van der Waals surface area (Å²) in [4.78, 5) is 11.9. The largest absolute Gasteiger partial charge is 0.408 e. The first kappa shape index (κ1) is 15.2. The Hall–Kier alpha value is -1.84. The van der Waals surface area contributed by atoms with Gasteiger partial charge in [0.15, 0.2) is 0 Å². The van der Waals surface area contributed by atoms with Crippen LogP contribution in [0.3, 0.4) is 0 Å². The highest BCUT2D eigenvalue weighted by molar-refractivity contribution is 5.98. The molecule has 0 aliphatic rings. The van der Waals surface area contributed by atoms with Gasteiger partial charge in [0.2, 0.25) is 5.90 Å². The summed E-state index contributed by atoms with van der Waals surface area (Å²) in [5, 5.41) is 12.2. The summed E-state index contributed by atoms with van der Waals surface area (Å²) in [6.45, 7) is 4.08. The van der Waals surface area contributed by atoms with E-state index in [1.807, 2.05) is 13.0 Å². The number of oxime groups is 1. The number of esters is 1. The van der Waals surface area contributed by atoms with E-state index in [1.54, 1.807) is 24.3 Å². The molecule has 0 aliphatic carbocycles. The molecule has 0 saturated carbocycles. The molecule has 0 saturated heterocycles. The van der Waals surface area contributed by atoms with Gasteiger partial charge in [-0.2, -0.15) is 0 Å². The number of benzene rings is 1. The van der Waals surface area contributed by atoms with E-state index in [1.165, 1.54) is 0 Å². The van der Waals surface area contributed by atoms with Crippen LogP contribution in [0.15, 0.2) is 35.5 Å². The van der Waals surface area contributed by atoms with Crippen molar-refractivity contribution < 1.29 is 14.7 Å². The minimum absolute atomic E-state index is 0.0161. The van der Waals surface area contributed by atoms with Crippen LogP contribution in [0.5, 0.6) is 0 Å². The van der Waals surface area contributed by atoms with Gasteiger partial charge in [-0.3, -0.25) is 0 Å². The molecule has 104 valence electrons. The van der Waals surface area contributed by atoms with Crippen LogP contribution in [-0.4, -0.2) is 17.1 Å². The molecular weight excluding hydrogens is 242 g/mol. The molecule has 19 heavy (non-hydrogen) atoms. The molecule has 1 aromatic carbocycles. The van der Waals surface area contributed by atoms with Gasteiger partial charge in [0, 0.05) is 5.92 Å². The Balaban J connectivity index is 2.68. The lowest BCUT2D eigenvalue weighted by Gasteiger charge is -2.15. The molecule has 4 heteroatoms. The molecular formula is C15H21NO3. The molecule has 4 nitrogen and oxygen atoms in total. The predicted molar refractivity (Wildman–Crippen MR) is 74.4 cm³/mol. The number of hydrogen-bond acceptors (Lipinski definition) is 4. The highest BCUT2D eigenvalue weighted by Crippen LogP contribution is 2.16. The summed E-state index contributed by atoms with van der Waals surface area (Å²) in [5.41, 5.74) is 0.453. The van der Waals surface area contributed by atoms with Crippen molar-refractivity contribution >= 4 is 11.9 Å². The summed E-state index contributed by atoms with van der Waals surface area (Å²) in [6.07, 6.45) is 3.71. The van der Waals surface area contributed by atoms with E-state index >= 15 is 0 Å². The van der Waals surface area contributed by atoms with E-state index in [2.05, 4.69) is 12.1 Å². The van der Waals surface area contributed by atoms with E-state index in [4.69, 9.17) is 9.94 Å². The van der Waals surface area contributed by atoms with Crippen molar-refractivity contribution in [1.82, 2.24) is 0 Å². The zero-order chi connectivity index (χ0) is 14.1. The van der Waals surface area contributed by atoms with Crippen molar-refractivity contribution in [2.75, 3.05) is 0 Å². The molecule has 0 fully saturated rings. The molecule has 0 bridgehead atoms. The molecule has 0 amide bonds. The molecule has 0 spiro atoms. The second-order valence-corrected chi connectivity index (χ2v) is 4.44. The second kappa shape index (κ2) is 8.29. The second-order valence-electron chi connectivity index (χ2n) is 4.44. The molecule has 1 N–H and O–H groups in total. The topological polar surface area (TPSA) is 58.9 Å². The lowest BCUT2D eigenvalue weighted by atomic mass is 9.99. The van der Waals surface area contributed by atoms with Crippen LogP contribution in [0.25, 0.3) is 0 Å². The van der Waals surface area contributed by atoms with Crippen molar-refractivity contribution in [2.24, 2.45) is 11.1 Å². The molecule has 0 aromatic heterocycles. The lowest BCUT2D eigenvalue weighted by molar-refractivity contribution is 0.0690. The van der Waals surface area contributed by atoms with Gasteiger partial charge in [0.1, 0.15) is 0 Å². The summed E-state index contributed by atoms with van der Waals surface area (Å²) in [5.74, 6) is -0.384. The van der Waals surface area contributed by atoms with Crippen LogP contribution in [0.2, 0.25) is 0 Å².